The van der Waals surface area contributed by atoms with Gasteiger partial charge in [-0.25, -0.2) is 4.98 Å². The summed E-state index contributed by atoms with van der Waals surface area (Å²) in [4.78, 5) is 31.3. The zero-order valence-electron chi connectivity index (χ0n) is 20.2. The fraction of sp³-hybridized carbons (Fsp3) is 0.179. The predicted octanol–water partition coefficient (Wildman–Crippen LogP) is 5.36. The van der Waals surface area contributed by atoms with Gasteiger partial charge in [-0.05, 0) is 48.1 Å². The van der Waals surface area contributed by atoms with Crippen LogP contribution in [0.3, 0.4) is 0 Å². The highest BCUT2D eigenvalue weighted by Gasteiger charge is 2.41. The molecule has 0 saturated carbocycles. The van der Waals surface area contributed by atoms with Crippen LogP contribution >= 0.6 is 11.3 Å². The van der Waals surface area contributed by atoms with Crippen LogP contribution in [-0.4, -0.2) is 20.3 Å². The van der Waals surface area contributed by atoms with Gasteiger partial charge >= 0.3 is 0 Å². The third-order valence-electron chi connectivity index (χ3n) is 7.05. The first-order valence-corrected chi connectivity index (χ1v) is 13.0. The lowest BCUT2D eigenvalue weighted by Gasteiger charge is -2.39. The molecule has 4 aromatic rings. The number of aromatic nitrogens is 2. The molecule has 2 aromatic carbocycles. The quantitative estimate of drug-likeness (QED) is 0.276. The summed E-state index contributed by atoms with van der Waals surface area (Å²) < 4.78 is 2.07. The highest BCUT2D eigenvalue weighted by atomic mass is 32.1. The van der Waals surface area contributed by atoms with Crippen molar-refractivity contribution < 1.29 is 9.72 Å². The van der Waals surface area contributed by atoms with E-state index in [1.807, 2.05) is 42.0 Å². The molecule has 2 aliphatic rings. The van der Waals surface area contributed by atoms with Crippen LogP contribution in [0.1, 0.15) is 35.6 Å². The van der Waals surface area contributed by atoms with Crippen LogP contribution < -0.4 is 10.6 Å². The van der Waals surface area contributed by atoms with Gasteiger partial charge < -0.3 is 10.3 Å². The van der Waals surface area contributed by atoms with Crippen molar-refractivity contribution in [1.29, 1.82) is 5.26 Å². The molecule has 1 aliphatic carbocycles. The molecule has 0 unspecified atom stereocenters. The molecule has 0 spiro atoms. The van der Waals surface area contributed by atoms with Crippen LogP contribution in [0.25, 0.3) is 11.0 Å². The summed E-state index contributed by atoms with van der Waals surface area (Å²) in [7, 11) is 0. The van der Waals surface area contributed by atoms with Gasteiger partial charge in [-0.2, -0.15) is 5.26 Å². The van der Waals surface area contributed by atoms with E-state index in [4.69, 9.17) is 5.73 Å². The maximum atomic E-state index is 13.4. The summed E-state index contributed by atoms with van der Waals surface area (Å²) in [6.07, 6.45) is 3.42. The van der Waals surface area contributed by atoms with Crippen molar-refractivity contribution >= 4 is 39.5 Å². The summed E-state index contributed by atoms with van der Waals surface area (Å²) in [5.74, 6) is -0.402. The van der Waals surface area contributed by atoms with E-state index in [0.29, 0.717) is 42.8 Å². The Kier molecular flexibility index (Phi) is 5.77. The number of nitro benzene ring substituents is 1. The fourth-order valence-corrected chi connectivity index (χ4v) is 6.39. The van der Waals surface area contributed by atoms with Crippen molar-refractivity contribution in [2.75, 3.05) is 4.90 Å². The number of non-ortho nitro benzene ring substituents is 1. The van der Waals surface area contributed by atoms with Crippen LogP contribution in [0, 0.1) is 21.4 Å². The second kappa shape index (κ2) is 9.28. The average Bonchev–Trinajstić information content (AvgIpc) is 3.56. The Morgan fingerprint density at radius 3 is 2.84 bits per heavy atom. The van der Waals surface area contributed by atoms with E-state index in [0.717, 1.165) is 21.5 Å². The number of fused-ring (bicyclic) bond motifs is 1. The molecule has 0 amide bonds. The third kappa shape index (κ3) is 3.84. The zero-order chi connectivity index (χ0) is 26.4. The van der Waals surface area contributed by atoms with Crippen molar-refractivity contribution in [2.45, 2.75) is 31.7 Å². The number of ketones is 1. The van der Waals surface area contributed by atoms with Gasteiger partial charge in [0.05, 0.1) is 45.5 Å². The summed E-state index contributed by atoms with van der Waals surface area (Å²) in [5.41, 5.74) is 11.5. The molecule has 1 atom stereocenters. The first kappa shape index (κ1) is 23.6. The number of benzene rings is 2. The first-order chi connectivity index (χ1) is 18.5. The van der Waals surface area contributed by atoms with Crippen LogP contribution in [0.15, 0.2) is 89.0 Å². The minimum Gasteiger partial charge on any atom is -0.384 e. The van der Waals surface area contributed by atoms with Gasteiger partial charge in [0.25, 0.3) is 5.69 Å². The molecule has 3 heterocycles. The van der Waals surface area contributed by atoms with Gasteiger partial charge in [-0.15, -0.1) is 11.3 Å². The Morgan fingerprint density at radius 2 is 2.03 bits per heavy atom. The molecule has 10 heteroatoms. The second-order valence-electron chi connectivity index (χ2n) is 9.31. The standard InChI is InChI=1S/C28H22N6O3S/c29-13-20-26(25-11-17(15-38-25)14-32-16-31-21-7-1-2-8-22(21)32)27-23(9-4-10-24(27)35)33(28(20)30)18-5-3-6-19(12-18)34(36)37/h1-3,5-8,11-12,15-16,26H,4,9-10,14,30H2/t26-/m1/s1. The van der Waals surface area contributed by atoms with Crippen LogP contribution in [0.4, 0.5) is 11.4 Å². The highest BCUT2D eigenvalue weighted by Crippen LogP contribution is 2.47. The number of allylic oxidation sites excluding steroid dienone is 3. The molecule has 2 N–H and O–H groups in total. The monoisotopic (exact) mass is 522 g/mol. The summed E-state index contributed by atoms with van der Waals surface area (Å²) in [5, 5.41) is 23.7. The Bertz CT molecular complexity index is 1720. The Balaban J connectivity index is 1.43. The van der Waals surface area contributed by atoms with Gasteiger partial charge in [0.1, 0.15) is 5.82 Å². The number of nitrogens with two attached hydrogens (primary N) is 1. The molecule has 2 aromatic heterocycles. The van der Waals surface area contributed by atoms with E-state index in [9.17, 15) is 20.2 Å². The number of rotatable bonds is 5. The number of imidazole rings is 1. The van der Waals surface area contributed by atoms with Gasteiger partial charge in [0.2, 0.25) is 0 Å². The number of nitro groups is 1. The lowest BCUT2D eigenvalue weighted by Crippen LogP contribution is -2.38. The zero-order valence-corrected chi connectivity index (χ0v) is 21.0. The van der Waals surface area contributed by atoms with Gasteiger partial charge in [-0.1, -0.05) is 18.2 Å². The Morgan fingerprint density at radius 1 is 1.18 bits per heavy atom. The van der Waals surface area contributed by atoms with E-state index in [1.165, 1.54) is 23.5 Å². The summed E-state index contributed by atoms with van der Waals surface area (Å²) >= 11 is 1.50. The van der Waals surface area contributed by atoms with Crippen LogP contribution in [-0.2, 0) is 11.3 Å². The number of para-hydroxylation sites is 2. The molecule has 9 nitrogen and oxygen atoms in total. The first-order valence-electron chi connectivity index (χ1n) is 12.1. The maximum absolute atomic E-state index is 13.4. The molecule has 0 radical (unpaired) electrons. The largest absolute Gasteiger partial charge is 0.384 e. The number of anilines is 1. The number of thiophene rings is 1. The maximum Gasteiger partial charge on any atom is 0.271 e. The molecule has 1 aliphatic heterocycles. The molecular formula is C28H22N6O3S. The Labute approximate surface area is 221 Å². The minimum atomic E-state index is -0.573. The summed E-state index contributed by atoms with van der Waals surface area (Å²) in [6.45, 7) is 0.602. The van der Waals surface area contributed by atoms with E-state index in [-0.39, 0.29) is 22.9 Å². The van der Waals surface area contributed by atoms with E-state index >= 15 is 0 Å². The van der Waals surface area contributed by atoms with Gasteiger partial charge in [-0.3, -0.25) is 19.8 Å². The number of nitrogens with zero attached hydrogens (tertiary/aromatic N) is 5. The number of hydrogen-bond acceptors (Lipinski definition) is 8. The lowest BCUT2D eigenvalue weighted by atomic mass is 9.78. The van der Waals surface area contributed by atoms with Crippen molar-refractivity contribution in [2.24, 2.45) is 5.73 Å². The van der Waals surface area contributed by atoms with Crippen molar-refractivity contribution in [3.05, 3.63) is 110 Å². The van der Waals surface area contributed by atoms with Crippen LogP contribution in [0.5, 0.6) is 0 Å². The lowest BCUT2D eigenvalue weighted by molar-refractivity contribution is -0.384. The van der Waals surface area contributed by atoms with Crippen molar-refractivity contribution in [3.8, 4) is 6.07 Å². The molecule has 188 valence electrons. The van der Waals surface area contributed by atoms with E-state index in [1.54, 1.807) is 17.0 Å². The molecule has 0 saturated heterocycles. The Hall–Kier alpha value is -4.75. The molecule has 0 fully saturated rings. The highest BCUT2D eigenvalue weighted by molar-refractivity contribution is 7.10. The number of nitriles is 1. The SMILES string of the molecule is N#CC1=C(N)N(c2cccc([N+](=O)[O-])c2)C2=C(C(=O)CCC2)[C@H]1c1cc(Cn2cnc3ccccc32)cs1. The van der Waals surface area contributed by atoms with Crippen molar-refractivity contribution in [3.63, 3.8) is 0 Å². The molecule has 38 heavy (non-hydrogen) atoms. The van der Waals surface area contributed by atoms with Crippen molar-refractivity contribution in [1.82, 2.24) is 9.55 Å². The minimum absolute atomic E-state index is 0.0255. The third-order valence-corrected chi connectivity index (χ3v) is 8.10. The fourth-order valence-electron chi connectivity index (χ4n) is 5.37. The average molecular weight is 523 g/mol. The number of hydrogen-bond donors (Lipinski definition) is 1. The van der Waals surface area contributed by atoms with E-state index in [2.05, 4.69) is 15.6 Å². The number of carbonyl (C=O) groups is 1. The molecular weight excluding hydrogens is 500 g/mol. The predicted molar refractivity (Wildman–Crippen MR) is 144 cm³/mol. The smallest absolute Gasteiger partial charge is 0.271 e. The van der Waals surface area contributed by atoms with E-state index < -0.39 is 10.8 Å². The molecule has 6 rings (SSSR count). The second-order valence-corrected chi connectivity index (χ2v) is 10.3. The van der Waals surface area contributed by atoms with Gasteiger partial charge in [0.15, 0.2) is 5.78 Å². The van der Waals surface area contributed by atoms with Gasteiger partial charge in [0, 0.05) is 41.2 Å². The number of carbonyl (C=O) groups excluding carboxylic acids is 1. The normalized spacial score (nSPS) is 17.6. The summed E-state index contributed by atoms with van der Waals surface area (Å²) in [6, 6.07) is 18.3. The molecule has 0 bridgehead atoms. The van der Waals surface area contributed by atoms with Crippen LogP contribution in [0.2, 0.25) is 0 Å². The number of Topliss-reactive ketones (excluding diaryl/α,β-unsaturated/α-hetero) is 1. The topological polar surface area (TPSA) is 131 Å².